The molecule has 0 saturated heterocycles. The molecule has 0 aromatic heterocycles. The Balaban J connectivity index is 4.92. The minimum absolute atomic E-state index is 0.962. The average Bonchev–Trinajstić information content (AvgIpc) is 2.33. The zero-order valence-corrected chi connectivity index (χ0v) is 11.5. The van der Waals surface area contributed by atoms with Crippen LogP contribution >= 0.6 is 0 Å². The zero-order chi connectivity index (χ0) is 12.9. The molecule has 0 aromatic carbocycles. The van der Waals surface area contributed by atoms with Crippen LogP contribution in [0.15, 0.2) is 71.7 Å². The predicted octanol–water partition coefficient (Wildman–Crippen LogP) is 4.50. The van der Waals surface area contributed by atoms with Crippen molar-refractivity contribution in [1.29, 1.82) is 0 Å². The van der Waals surface area contributed by atoms with E-state index in [1.165, 1.54) is 10.9 Å². The summed E-state index contributed by atoms with van der Waals surface area (Å²) in [6, 6.07) is 0. The van der Waals surface area contributed by atoms with Gasteiger partial charge in [0.25, 0.3) is 0 Å². The van der Waals surface area contributed by atoms with Gasteiger partial charge in [0, 0.05) is 0 Å². The molecule has 0 radical (unpaired) electrons. The normalized spacial score (nSPS) is 14.8. The molecule has 0 bridgehead atoms. The quantitative estimate of drug-likeness (QED) is 0.462. The molecule has 0 aromatic rings. The second kappa shape index (κ2) is 11.0. The second-order valence-corrected chi connectivity index (χ2v) is 3.71. The molecule has 0 atom stereocenters. The lowest BCUT2D eigenvalue weighted by atomic mass is 9.62. The van der Waals surface area contributed by atoms with Gasteiger partial charge in [0.05, 0.1) is 0 Å². The Morgan fingerprint density at radius 1 is 0.647 bits per heavy atom. The molecule has 0 unspecified atom stereocenters. The van der Waals surface area contributed by atoms with Crippen LogP contribution in [0.4, 0.5) is 0 Å². The maximum atomic E-state index is 2.16. The molecule has 0 saturated carbocycles. The summed E-state index contributed by atoms with van der Waals surface area (Å²) < 4.78 is 0. The molecule has 17 heavy (non-hydrogen) atoms. The summed E-state index contributed by atoms with van der Waals surface area (Å²) in [6.07, 6.45) is 21.1. The summed E-state index contributed by atoms with van der Waals surface area (Å²) in [4.78, 5) is 0. The van der Waals surface area contributed by atoms with Crippen molar-refractivity contribution in [3.63, 3.8) is 0 Å². The average molecular weight is 226 g/mol. The Bertz CT molecular complexity index is 327. The zero-order valence-electron chi connectivity index (χ0n) is 11.5. The van der Waals surface area contributed by atoms with E-state index >= 15 is 0 Å². The lowest BCUT2D eigenvalue weighted by Gasteiger charge is -2.00. The summed E-state index contributed by atoms with van der Waals surface area (Å²) in [6.45, 7) is 8.17. The highest BCUT2D eigenvalue weighted by Gasteiger charge is 1.98. The van der Waals surface area contributed by atoms with Crippen molar-refractivity contribution in [2.24, 2.45) is 0 Å². The van der Waals surface area contributed by atoms with Crippen LogP contribution in [0.3, 0.4) is 0 Å². The van der Waals surface area contributed by atoms with Gasteiger partial charge >= 0.3 is 0 Å². The summed E-state index contributed by atoms with van der Waals surface area (Å²) in [5.74, 6) is 0. The fourth-order valence-corrected chi connectivity index (χ4v) is 1.45. The van der Waals surface area contributed by atoms with Gasteiger partial charge in [-0.2, -0.15) is 0 Å². The van der Waals surface area contributed by atoms with Crippen LogP contribution in [0.2, 0.25) is 0 Å². The molecule has 0 fully saturated rings. The van der Waals surface area contributed by atoms with E-state index in [1.54, 1.807) is 0 Å². The molecular formula is C16H23B. The summed E-state index contributed by atoms with van der Waals surface area (Å²) >= 11 is 0. The molecule has 0 spiro atoms. The van der Waals surface area contributed by atoms with Crippen molar-refractivity contribution in [1.82, 2.24) is 0 Å². The Kier molecular flexibility index (Phi) is 10.0. The van der Waals surface area contributed by atoms with Gasteiger partial charge in [0.15, 0.2) is 7.28 Å². The first-order valence-electron chi connectivity index (χ1n) is 6.17. The maximum Gasteiger partial charge on any atom is 0.192 e. The smallest absolute Gasteiger partial charge is 0.0882 e. The first-order valence-corrected chi connectivity index (χ1v) is 6.17. The third-order valence-corrected chi connectivity index (χ3v) is 2.18. The minimum atomic E-state index is 0.962. The Morgan fingerprint density at radius 2 is 1.06 bits per heavy atom. The highest BCUT2D eigenvalue weighted by molar-refractivity contribution is 6.55. The van der Waals surface area contributed by atoms with Crippen LogP contribution < -0.4 is 0 Å². The first kappa shape index (κ1) is 15.5. The maximum absolute atomic E-state index is 2.16. The standard InChI is InChI=1S/C16H23B/c1-5-9-13-15(11-7-3)17-16(12-8-4)14-10-6-2/h5-14,17H,1-4H3/b9-5-,10-6-,11-7-,12-8-,15-13+,16-14+. The van der Waals surface area contributed by atoms with Crippen LogP contribution in [-0.2, 0) is 0 Å². The molecule has 0 amide bonds. The SMILES string of the molecule is C\C=C/C=C(BC(/C=C\C)=C/C=C\C)\C=C/C. The summed E-state index contributed by atoms with van der Waals surface area (Å²) in [7, 11) is 0.962. The van der Waals surface area contributed by atoms with Crippen molar-refractivity contribution in [3.05, 3.63) is 71.7 Å². The van der Waals surface area contributed by atoms with Crippen LogP contribution in [0, 0.1) is 0 Å². The molecule has 0 aliphatic carbocycles. The summed E-state index contributed by atoms with van der Waals surface area (Å²) in [5, 5.41) is 0. The van der Waals surface area contributed by atoms with Crippen LogP contribution in [0.5, 0.6) is 0 Å². The van der Waals surface area contributed by atoms with Crippen LogP contribution in [-0.4, -0.2) is 7.28 Å². The Morgan fingerprint density at radius 3 is 1.35 bits per heavy atom. The van der Waals surface area contributed by atoms with Crippen molar-refractivity contribution >= 4 is 7.28 Å². The molecular weight excluding hydrogens is 203 g/mol. The molecule has 90 valence electrons. The lowest BCUT2D eigenvalue weighted by molar-refractivity contribution is 1.65. The van der Waals surface area contributed by atoms with Crippen molar-refractivity contribution in [2.45, 2.75) is 27.7 Å². The molecule has 1 heteroatoms. The van der Waals surface area contributed by atoms with Crippen molar-refractivity contribution in [2.75, 3.05) is 0 Å². The van der Waals surface area contributed by atoms with Gasteiger partial charge in [-0.1, -0.05) is 71.7 Å². The molecule has 0 heterocycles. The van der Waals surface area contributed by atoms with E-state index in [2.05, 4.69) is 74.6 Å². The topological polar surface area (TPSA) is 0 Å². The monoisotopic (exact) mass is 226 g/mol. The fourth-order valence-electron chi connectivity index (χ4n) is 1.45. The number of rotatable bonds is 6. The number of hydrogen-bond donors (Lipinski definition) is 0. The van der Waals surface area contributed by atoms with Crippen molar-refractivity contribution < 1.29 is 0 Å². The first-order chi connectivity index (χ1) is 8.28. The van der Waals surface area contributed by atoms with Gasteiger partial charge in [-0.15, -0.1) is 0 Å². The summed E-state index contributed by atoms with van der Waals surface area (Å²) in [5.41, 5.74) is 2.64. The highest BCUT2D eigenvalue weighted by Crippen LogP contribution is 2.05. The third-order valence-electron chi connectivity index (χ3n) is 2.18. The lowest BCUT2D eigenvalue weighted by Crippen LogP contribution is -1.97. The molecule has 0 nitrogen and oxygen atoms in total. The van der Waals surface area contributed by atoms with Gasteiger partial charge in [0.2, 0.25) is 0 Å². The van der Waals surface area contributed by atoms with E-state index in [0.717, 1.165) is 7.28 Å². The Labute approximate surface area is 107 Å². The van der Waals surface area contributed by atoms with E-state index < -0.39 is 0 Å². The predicted molar refractivity (Wildman–Crippen MR) is 82.6 cm³/mol. The number of allylic oxidation sites excluding steroid dienone is 12. The van der Waals surface area contributed by atoms with E-state index in [9.17, 15) is 0 Å². The molecule has 0 aliphatic heterocycles. The van der Waals surface area contributed by atoms with E-state index in [1.807, 2.05) is 13.8 Å². The van der Waals surface area contributed by atoms with Gasteiger partial charge in [-0.3, -0.25) is 0 Å². The third kappa shape index (κ3) is 8.33. The van der Waals surface area contributed by atoms with Gasteiger partial charge in [-0.25, -0.2) is 0 Å². The van der Waals surface area contributed by atoms with Crippen LogP contribution in [0.1, 0.15) is 27.7 Å². The largest absolute Gasteiger partial charge is 0.192 e. The van der Waals surface area contributed by atoms with Gasteiger partial charge in [-0.05, 0) is 27.7 Å². The van der Waals surface area contributed by atoms with E-state index in [-0.39, 0.29) is 0 Å². The Hall–Kier alpha value is -1.50. The van der Waals surface area contributed by atoms with Crippen molar-refractivity contribution in [3.8, 4) is 0 Å². The second-order valence-electron chi connectivity index (χ2n) is 3.71. The minimum Gasteiger partial charge on any atom is -0.0882 e. The molecule has 0 N–H and O–H groups in total. The molecule has 0 rings (SSSR count). The van der Waals surface area contributed by atoms with Crippen LogP contribution in [0.25, 0.3) is 0 Å². The number of hydrogen-bond acceptors (Lipinski definition) is 0. The fraction of sp³-hybridized carbons (Fsp3) is 0.250. The van der Waals surface area contributed by atoms with E-state index in [4.69, 9.17) is 0 Å². The van der Waals surface area contributed by atoms with Gasteiger partial charge in [0.1, 0.15) is 0 Å². The highest BCUT2D eigenvalue weighted by atomic mass is 13.8. The molecule has 0 aliphatic rings. The van der Waals surface area contributed by atoms with Gasteiger partial charge < -0.3 is 0 Å². The van der Waals surface area contributed by atoms with E-state index in [0.29, 0.717) is 0 Å².